The van der Waals surface area contributed by atoms with Crippen LogP contribution in [0.15, 0.2) is 72.8 Å². The van der Waals surface area contributed by atoms with E-state index in [0.717, 1.165) is 54.9 Å². The molecule has 2 aromatic carbocycles. The van der Waals surface area contributed by atoms with Crippen molar-refractivity contribution >= 4 is 46.3 Å². The molecule has 4 aromatic rings. The first kappa shape index (κ1) is 24.7. The van der Waals surface area contributed by atoms with Gasteiger partial charge in [0.2, 0.25) is 0 Å². The van der Waals surface area contributed by atoms with Crippen LogP contribution in [0.25, 0.3) is 10.4 Å². The maximum atomic E-state index is 14.2. The molecular weight excluding hydrogens is 598 g/mol. The highest BCUT2D eigenvalue weighted by molar-refractivity contribution is 7.17. The van der Waals surface area contributed by atoms with Crippen molar-refractivity contribution in [1.82, 2.24) is 10.3 Å². The highest BCUT2D eigenvalue weighted by Gasteiger charge is 2.41. The van der Waals surface area contributed by atoms with Gasteiger partial charge >= 0.3 is 0 Å². The number of anilines is 3. The molecule has 0 atom stereocenters. The van der Waals surface area contributed by atoms with E-state index in [0.29, 0.717) is 35.9 Å². The monoisotopic (exact) mass is 637 g/mol. The van der Waals surface area contributed by atoms with Gasteiger partial charge in [0.05, 0.1) is 34.8 Å². The molecule has 9 nitrogen and oxygen atoms in total. The van der Waals surface area contributed by atoms with Crippen LogP contribution in [0.4, 0.5) is 17.2 Å². The second-order valence-electron chi connectivity index (χ2n) is 12.5. The molecular formula is C36H35N5O4S. The van der Waals surface area contributed by atoms with Crippen molar-refractivity contribution in [3.8, 4) is 10.4 Å². The Kier molecular flexibility index (Phi) is 6.26. The van der Waals surface area contributed by atoms with Gasteiger partial charge in [0, 0.05) is 59.0 Å². The third-order valence-electron chi connectivity index (χ3n) is 9.28. The molecule has 10 heteroatoms. The number of nitrogens with zero attached hydrogens (tertiary/aromatic N) is 3. The molecule has 0 radical (unpaired) electrons. The number of carbonyl (C=O) groups is 3. The van der Waals surface area contributed by atoms with Gasteiger partial charge in [-0.05, 0) is 86.1 Å². The molecule has 46 heavy (non-hydrogen) atoms. The number of nitrogens with one attached hydrogen (secondary N) is 2. The third kappa shape index (κ3) is 5.45. The molecule has 2 aromatic heterocycles. The molecule has 5 heterocycles. The lowest BCUT2D eigenvalue weighted by Crippen LogP contribution is -2.51. The highest BCUT2D eigenvalue weighted by atomic mass is 32.1. The normalized spacial score (nSPS) is 19.4. The van der Waals surface area contributed by atoms with Gasteiger partial charge in [0.1, 0.15) is 5.82 Å². The van der Waals surface area contributed by atoms with Crippen LogP contribution in [0.2, 0.25) is 0 Å². The molecule has 0 bridgehead atoms. The number of piperidine rings is 1. The van der Waals surface area contributed by atoms with E-state index >= 15 is 0 Å². The summed E-state index contributed by atoms with van der Waals surface area (Å²) in [7, 11) is 0. The molecule has 2 N–H and O–H groups in total. The molecule has 3 amide bonds. The van der Waals surface area contributed by atoms with Crippen molar-refractivity contribution < 1.29 is 24.6 Å². The van der Waals surface area contributed by atoms with Gasteiger partial charge in [-0.1, -0.05) is 18.2 Å². The predicted octanol–water partition coefficient (Wildman–Crippen LogP) is 5.77. The van der Waals surface area contributed by atoms with E-state index in [1.807, 2.05) is 18.2 Å². The van der Waals surface area contributed by atoms with Crippen LogP contribution in [-0.2, 0) is 11.2 Å². The lowest BCUT2D eigenvalue weighted by atomic mass is 9.77. The average molecular weight is 638 g/mol. The molecule has 1 saturated carbocycles. The van der Waals surface area contributed by atoms with E-state index in [9.17, 15) is 14.4 Å². The van der Waals surface area contributed by atoms with Crippen LogP contribution >= 0.6 is 11.3 Å². The summed E-state index contributed by atoms with van der Waals surface area (Å²) < 4.78 is 40.7. The fourth-order valence-electron chi connectivity index (χ4n) is 6.40. The first-order chi connectivity index (χ1) is 24.1. The van der Waals surface area contributed by atoms with E-state index < -0.39 is 36.0 Å². The topological polar surface area (TPSA) is 104 Å². The fraction of sp³-hybridized carbons (Fsp3) is 0.333. The number of amides is 3. The van der Waals surface area contributed by atoms with Crippen LogP contribution in [0.5, 0.6) is 0 Å². The SMILES string of the molecule is [2H]c1c([2H])c(C(=O)N2CCc3cc(C(=O)NC4CC4)sc3-c3ccccc32)c([2H])c([2H])c1NC(=O)c1cccnc1N1CCC2(CC1)COC2. The van der Waals surface area contributed by atoms with Crippen molar-refractivity contribution in [2.75, 3.05) is 48.0 Å². The lowest BCUT2D eigenvalue weighted by molar-refractivity contribution is -0.124. The Balaban J connectivity index is 1.06. The summed E-state index contributed by atoms with van der Waals surface area (Å²) in [6, 6.07) is 10.5. The first-order valence-corrected chi connectivity index (χ1v) is 16.5. The number of para-hydroxylation sites is 1. The van der Waals surface area contributed by atoms with E-state index in [-0.39, 0.29) is 40.7 Å². The fourth-order valence-corrected chi connectivity index (χ4v) is 7.55. The molecule has 3 aliphatic heterocycles. The molecule has 3 fully saturated rings. The summed E-state index contributed by atoms with van der Waals surface area (Å²) in [5.74, 6) is -0.900. The largest absolute Gasteiger partial charge is 0.380 e. The number of carbonyl (C=O) groups excluding carboxylic acids is 3. The van der Waals surface area contributed by atoms with Crippen LogP contribution in [-0.4, -0.2) is 61.6 Å². The molecule has 2 saturated heterocycles. The summed E-state index contributed by atoms with van der Waals surface area (Å²) in [5, 5.41) is 5.64. The number of aromatic nitrogens is 1. The number of rotatable bonds is 6. The summed E-state index contributed by atoms with van der Waals surface area (Å²) >= 11 is 1.37. The van der Waals surface area contributed by atoms with Crippen molar-refractivity contribution in [2.45, 2.75) is 38.1 Å². The zero-order chi connectivity index (χ0) is 34.7. The minimum atomic E-state index is -0.677. The van der Waals surface area contributed by atoms with Crippen LogP contribution in [0.1, 0.15) is 67.1 Å². The molecule has 4 aliphatic rings. The van der Waals surface area contributed by atoms with Gasteiger partial charge in [0.15, 0.2) is 0 Å². The summed E-state index contributed by atoms with van der Waals surface area (Å²) in [6.45, 7) is 3.12. The Labute approximate surface area is 277 Å². The Bertz CT molecular complexity index is 2020. The molecule has 1 spiro atoms. The minimum absolute atomic E-state index is 0.101. The lowest BCUT2D eigenvalue weighted by Gasteiger charge is -2.47. The zero-order valence-electron chi connectivity index (χ0n) is 29.2. The van der Waals surface area contributed by atoms with Gasteiger partial charge in [0.25, 0.3) is 17.7 Å². The summed E-state index contributed by atoms with van der Waals surface area (Å²) in [6.07, 6.45) is 5.87. The Morgan fingerprint density at radius 1 is 0.978 bits per heavy atom. The second-order valence-corrected chi connectivity index (χ2v) is 13.5. The zero-order valence-corrected chi connectivity index (χ0v) is 26.0. The van der Waals surface area contributed by atoms with Crippen molar-refractivity contribution in [1.29, 1.82) is 0 Å². The Hall–Kier alpha value is -4.54. The number of fused-ring (bicyclic) bond motifs is 3. The quantitative estimate of drug-likeness (QED) is 0.278. The summed E-state index contributed by atoms with van der Waals surface area (Å²) in [5.41, 5.74) is 1.99. The predicted molar refractivity (Wildman–Crippen MR) is 179 cm³/mol. The number of thiophene rings is 1. The number of ether oxygens (including phenoxy) is 1. The molecule has 0 unspecified atom stereocenters. The number of hydrogen-bond donors (Lipinski definition) is 2. The molecule has 234 valence electrons. The van der Waals surface area contributed by atoms with Gasteiger partial charge in [-0.2, -0.15) is 0 Å². The van der Waals surface area contributed by atoms with Crippen molar-refractivity contribution in [3.05, 3.63) is 94.4 Å². The third-order valence-corrected chi connectivity index (χ3v) is 10.5. The molecule has 1 aliphatic carbocycles. The standard InChI is InChI=1S/C36H35N5O4S/c42-33(28-5-3-16-37-32(28)40-18-14-36(15-19-40)21-45-22-36)38-25-9-7-23(8-10-25)35(44)41-17-13-24-20-30(34(43)39-26-11-12-26)46-31(24)27-4-1-2-6-29(27)41/h1-10,16,20,26H,11-15,17-19,21-22H2,(H,38,42)(H,39,43)/i7D,8D,9D,10D. The highest BCUT2D eigenvalue weighted by Crippen LogP contribution is 2.42. The maximum Gasteiger partial charge on any atom is 0.261 e. The maximum absolute atomic E-state index is 14.2. The number of pyridine rings is 1. The van der Waals surface area contributed by atoms with E-state index in [2.05, 4.69) is 20.5 Å². The van der Waals surface area contributed by atoms with Crippen LogP contribution < -0.4 is 20.4 Å². The first-order valence-electron chi connectivity index (χ1n) is 17.7. The number of hydrogen-bond acceptors (Lipinski definition) is 7. The molecule has 8 rings (SSSR count). The Morgan fingerprint density at radius 2 is 1.76 bits per heavy atom. The minimum Gasteiger partial charge on any atom is -0.380 e. The van der Waals surface area contributed by atoms with Crippen molar-refractivity contribution in [3.63, 3.8) is 0 Å². The van der Waals surface area contributed by atoms with Gasteiger partial charge in [-0.3, -0.25) is 14.4 Å². The number of benzene rings is 2. The van der Waals surface area contributed by atoms with Crippen LogP contribution in [0.3, 0.4) is 0 Å². The van der Waals surface area contributed by atoms with E-state index in [1.54, 1.807) is 30.5 Å². The average Bonchev–Trinajstić information content (AvgIpc) is 3.86. The van der Waals surface area contributed by atoms with Gasteiger partial charge in [-0.15, -0.1) is 11.3 Å². The van der Waals surface area contributed by atoms with Gasteiger partial charge in [-0.25, -0.2) is 4.98 Å². The van der Waals surface area contributed by atoms with E-state index in [4.69, 9.17) is 10.2 Å². The van der Waals surface area contributed by atoms with Gasteiger partial charge < -0.3 is 25.2 Å². The Morgan fingerprint density at radius 3 is 2.50 bits per heavy atom. The van der Waals surface area contributed by atoms with Crippen LogP contribution in [0, 0.1) is 5.41 Å². The second kappa shape index (κ2) is 11.7. The van der Waals surface area contributed by atoms with E-state index in [1.165, 1.54) is 16.2 Å². The smallest absolute Gasteiger partial charge is 0.261 e. The van der Waals surface area contributed by atoms with Crippen molar-refractivity contribution in [2.24, 2.45) is 5.41 Å². The summed E-state index contributed by atoms with van der Waals surface area (Å²) in [4.78, 5) is 50.2.